The first-order valence-corrected chi connectivity index (χ1v) is 8.32. The molecule has 0 radical (unpaired) electrons. The molecule has 5 nitrogen and oxygen atoms in total. The van der Waals surface area contributed by atoms with Crippen LogP contribution >= 0.6 is 0 Å². The van der Waals surface area contributed by atoms with E-state index in [0.717, 1.165) is 31.6 Å². The van der Waals surface area contributed by atoms with E-state index in [9.17, 15) is 9.59 Å². The number of pyridine rings is 1. The molecule has 126 valence electrons. The first-order chi connectivity index (χ1) is 11.6. The highest BCUT2D eigenvalue weighted by Gasteiger charge is 2.22. The molecule has 1 aromatic carbocycles. The van der Waals surface area contributed by atoms with Crippen LogP contribution in [0, 0.1) is 5.92 Å². The van der Waals surface area contributed by atoms with Crippen molar-refractivity contribution >= 4 is 5.91 Å². The van der Waals surface area contributed by atoms with E-state index in [0.29, 0.717) is 17.2 Å². The van der Waals surface area contributed by atoms with E-state index in [2.05, 4.69) is 10.3 Å². The minimum atomic E-state index is -0.278. The fraction of sp³-hybridized carbons (Fsp3) is 0.368. The van der Waals surface area contributed by atoms with Crippen LogP contribution in [0.15, 0.2) is 47.3 Å². The highest BCUT2D eigenvalue weighted by atomic mass is 16.5. The molecule has 0 bridgehead atoms. The quantitative estimate of drug-likeness (QED) is 0.907. The van der Waals surface area contributed by atoms with Gasteiger partial charge in [-0.05, 0) is 37.3 Å². The van der Waals surface area contributed by atoms with Crippen LogP contribution in [-0.4, -0.2) is 30.1 Å². The molecule has 3 rings (SSSR count). The normalized spacial score (nSPS) is 16.5. The molecule has 1 aliphatic heterocycles. The molecule has 1 fully saturated rings. The number of ether oxygens (including phenoxy) is 1. The van der Waals surface area contributed by atoms with Crippen molar-refractivity contribution in [1.29, 1.82) is 0 Å². The summed E-state index contributed by atoms with van der Waals surface area (Å²) in [6, 6.07) is 12.6. The van der Waals surface area contributed by atoms with Crippen molar-refractivity contribution in [3.8, 4) is 11.3 Å². The largest absolute Gasteiger partial charge is 0.381 e. The van der Waals surface area contributed by atoms with Gasteiger partial charge in [0.15, 0.2) is 0 Å². The fourth-order valence-electron chi connectivity index (χ4n) is 3.07. The smallest absolute Gasteiger partial charge is 0.251 e. The fourth-order valence-corrected chi connectivity index (χ4v) is 3.07. The summed E-state index contributed by atoms with van der Waals surface area (Å²) >= 11 is 0. The van der Waals surface area contributed by atoms with Gasteiger partial charge < -0.3 is 15.0 Å². The Morgan fingerprint density at radius 2 is 1.92 bits per heavy atom. The molecule has 0 saturated carbocycles. The van der Waals surface area contributed by atoms with Crippen LogP contribution in [-0.2, 0) is 4.74 Å². The van der Waals surface area contributed by atoms with E-state index in [1.54, 1.807) is 6.07 Å². The number of hydrogen-bond donors (Lipinski definition) is 2. The van der Waals surface area contributed by atoms with Gasteiger partial charge in [0.05, 0.1) is 0 Å². The Bertz CT molecular complexity index is 749. The van der Waals surface area contributed by atoms with Gasteiger partial charge in [0, 0.05) is 36.6 Å². The van der Waals surface area contributed by atoms with Crippen molar-refractivity contribution in [2.75, 3.05) is 13.2 Å². The Hall–Kier alpha value is -2.40. The van der Waals surface area contributed by atoms with E-state index in [1.807, 2.05) is 37.3 Å². The van der Waals surface area contributed by atoms with Gasteiger partial charge in [-0.1, -0.05) is 30.3 Å². The van der Waals surface area contributed by atoms with Gasteiger partial charge >= 0.3 is 0 Å². The third-order valence-corrected chi connectivity index (χ3v) is 4.52. The topological polar surface area (TPSA) is 71.2 Å². The summed E-state index contributed by atoms with van der Waals surface area (Å²) in [7, 11) is 0. The summed E-state index contributed by atoms with van der Waals surface area (Å²) in [5, 5.41) is 3.02. The lowest BCUT2D eigenvalue weighted by Gasteiger charge is -2.28. The van der Waals surface area contributed by atoms with Gasteiger partial charge in [0.1, 0.15) is 0 Å². The molecule has 1 saturated heterocycles. The molecular formula is C19H22N2O3. The number of carbonyl (C=O) groups is 1. The predicted octanol–water partition coefficient (Wildman–Crippen LogP) is 2.59. The number of hydrogen-bond acceptors (Lipinski definition) is 3. The Balaban J connectivity index is 1.77. The van der Waals surface area contributed by atoms with Crippen LogP contribution in [0.2, 0.25) is 0 Å². The molecule has 5 heteroatoms. The van der Waals surface area contributed by atoms with Crippen molar-refractivity contribution in [3.05, 3.63) is 58.4 Å². The van der Waals surface area contributed by atoms with Crippen LogP contribution in [0.5, 0.6) is 0 Å². The van der Waals surface area contributed by atoms with Crippen molar-refractivity contribution < 1.29 is 9.53 Å². The lowest BCUT2D eigenvalue weighted by Crippen LogP contribution is -2.40. The summed E-state index contributed by atoms with van der Waals surface area (Å²) in [6.45, 7) is 3.50. The lowest BCUT2D eigenvalue weighted by atomic mass is 9.93. The van der Waals surface area contributed by atoms with Crippen LogP contribution < -0.4 is 10.9 Å². The highest BCUT2D eigenvalue weighted by Crippen LogP contribution is 2.19. The van der Waals surface area contributed by atoms with E-state index in [1.165, 1.54) is 6.07 Å². The third-order valence-electron chi connectivity index (χ3n) is 4.52. The molecule has 2 N–H and O–H groups in total. The maximum Gasteiger partial charge on any atom is 0.251 e. The molecule has 2 aromatic rings. The molecule has 1 aromatic heterocycles. The second-order valence-electron chi connectivity index (χ2n) is 6.22. The number of rotatable bonds is 4. The van der Waals surface area contributed by atoms with Crippen molar-refractivity contribution in [2.45, 2.75) is 25.8 Å². The zero-order valence-electron chi connectivity index (χ0n) is 13.7. The molecule has 1 atom stereocenters. The SMILES string of the molecule is C[C@@H](NC(=O)c1cc(-c2ccccc2)[nH]c(=O)c1)C1CCOCC1. The minimum Gasteiger partial charge on any atom is -0.381 e. The summed E-state index contributed by atoms with van der Waals surface area (Å²) in [5.74, 6) is 0.204. The molecule has 1 aliphatic rings. The zero-order chi connectivity index (χ0) is 16.9. The average molecular weight is 326 g/mol. The van der Waals surface area contributed by atoms with Gasteiger partial charge in [-0.3, -0.25) is 9.59 Å². The summed E-state index contributed by atoms with van der Waals surface area (Å²) in [4.78, 5) is 27.2. The van der Waals surface area contributed by atoms with Crippen LogP contribution in [0.3, 0.4) is 0 Å². The van der Waals surface area contributed by atoms with E-state index in [4.69, 9.17) is 4.74 Å². The third kappa shape index (κ3) is 3.92. The molecule has 0 spiro atoms. The van der Waals surface area contributed by atoms with E-state index >= 15 is 0 Å². The number of amides is 1. The molecule has 0 aliphatic carbocycles. The summed E-state index contributed by atoms with van der Waals surface area (Å²) in [5.41, 5.74) is 1.63. The Labute approximate surface area is 141 Å². The van der Waals surface area contributed by atoms with Gasteiger partial charge in [-0.15, -0.1) is 0 Å². The number of aromatic amines is 1. The number of aromatic nitrogens is 1. The molecule has 0 unspecified atom stereocenters. The molecule has 24 heavy (non-hydrogen) atoms. The van der Waals surface area contributed by atoms with Gasteiger partial charge in [-0.2, -0.15) is 0 Å². The maximum atomic E-state index is 12.5. The van der Waals surface area contributed by atoms with Gasteiger partial charge in [-0.25, -0.2) is 0 Å². The Morgan fingerprint density at radius 1 is 1.21 bits per heavy atom. The van der Waals surface area contributed by atoms with Crippen molar-refractivity contribution in [3.63, 3.8) is 0 Å². The minimum absolute atomic E-state index is 0.0564. The van der Waals surface area contributed by atoms with Crippen molar-refractivity contribution in [1.82, 2.24) is 10.3 Å². The second-order valence-corrected chi connectivity index (χ2v) is 6.22. The van der Waals surface area contributed by atoms with Crippen LogP contribution in [0.4, 0.5) is 0 Å². The van der Waals surface area contributed by atoms with E-state index < -0.39 is 0 Å². The average Bonchev–Trinajstić information content (AvgIpc) is 2.62. The molecular weight excluding hydrogens is 304 g/mol. The number of H-pyrrole nitrogens is 1. The van der Waals surface area contributed by atoms with Gasteiger partial charge in [0.2, 0.25) is 5.56 Å². The molecule has 1 amide bonds. The zero-order valence-corrected chi connectivity index (χ0v) is 13.7. The Kier molecular flexibility index (Phi) is 5.11. The summed E-state index contributed by atoms with van der Waals surface area (Å²) in [6.07, 6.45) is 1.90. The number of nitrogens with one attached hydrogen (secondary N) is 2. The molecule has 2 heterocycles. The van der Waals surface area contributed by atoms with Crippen LogP contribution in [0.25, 0.3) is 11.3 Å². The monoisotopic (exact) mass is 326 g/mol. The first kappa shape index (κ1) is 16.5. The predicted molar refractivity (Wildman–Crippen MR) is 93.0 cm³/mol. The highest BCUT2D eigenvalue weighted by molar-refractivity contribution is 5.95. The van der Waals surface area contributed by atoms with Crippen molar-refractivity contribution in [2.24, 2.45) is 5.92 Å². The maximum absolute atomic E-state index is 12.5. The Morgan fingerprint density at radius 3 is 2.62 bits per heavy atom. The second kappa shape index (κ2) is 7.45. The van der Waals surface area contributed by atoms with Crippen LogP contribution in [0.1, 0.15) is 30.1 Å². The number of carbonyl (C=O) groups excluding carboxylic acids is 1. The summed E-state index contributed by atoms with van der Waals surface area (Å²) < 4.78 is 5.36. The van der Waals surface area contributed by atoms with Gasteiger partial charge in [0.25, 0.3) is 5.91 Å². The standard InChI is InChI=1S/C19H22N2O3/c1-13(14-7-9-24-10-8-14)20-19(23)16-11-17(21-18(22)12-16)15-5-3-2-4-6-15/h2-6,11-14H,7-10H2,1H3,(H,20,23)(H,21,22)/t13-/m1/s1. The van der Waals surface area contributed by atoms with E-state index in [-0.39, 0.29) is 17.5 Å². The first-order valence-electron chi connectivity index (χ1n) is 8.32. The lowest BCUT2D eigenvalue weighted by molar-refractivity contribution is 0.0538. The number of benzene rings is 1.